The van der Waals surface area contributed by atoms with Crippen molar-refractivity contribution < 1.29 is 13.6 Å². The van der Waals surface area contributed by atoms with Crippen LogP contribution in [0, 0.1) is 5.92 Å². The van der Waals surface area contributed by atoms with Crippen LogP contribution in [0.15, 0.2) is 24.3 Å². The first-order chi connectivity index (χ1) is 9.37. The SMILES string of the molecule is CN(Cc1ccc(N)cc1)C(=O)C1CCC(F)(F)CC1. The largest absolute Gasteiger partial charge is 0.399 e. The van der Waals surface area contributed by atoms with Crippen molar-refractivity contribution in [3.63, 3.8) is 0 Å². The van der Waals surface area contributed by atoms with Crippen LogP contribution in [0.5, 0.6) is 0 Å². The highest BCUT2D eigenvalue weighted by Gasteiger charge is 2.38. The summed E-state index contributed by atoms with van der Waals surface area (Å²) in [4.78, 5) is 13.8. The number of carbonyl (C=O) groups excluding carboxylic acids is 1. The van der Waals surface area contributed by atoms with Crippen molar-refractivity contribution in [3.8, 4) is 0 Å². The van der Waals surface area contributed by atoms with Crippen LogP contribution in [0.4, 0.5) is 14.5 Å². The fraction of sp³-hybridized carbons (Fsp3) is 0.533. The molecule has 0 bridgehead atoms. The Labute approximate surface area is 117 Å². The molecule has 0 heterocycles. The van der Waals surface area contributed by atoms with Crippen LogP contribution in [0.1, 0.15) is 31.2 Å². The monoisotopic (exact) mass is 282 g/mol. The van der Waals surface area contributed by atoms with Gasteiger partial charge in [-0.1, -0.05) is 12.1 Å². The smallest absolute Gasteiger partial charge is 0.248 e. The van der Waals surface area contributed by atoms with Gasteiger partial charge in [-0.2, -0.15) is 0 Å². The van der Waals surface area contributed by atoms with E-state index in [2.05, 4.69) is 0 Å². The Hall–Kier alpha value is -1.65. The summed E-state index contributed by atoms with van der Waals surface area (Å²) in [7, 11) is 1.71. The maximum atomic E-state index is 13.1. The van der Waals surface area contributed by atoms with Gasteiger partial charge in [-0.15, -0.1) is 0 Å². The maximum Gasteiger partial charge on any atom is 0.248 e. The minimum Gasteiger partial charge on any atom is -0.399 e. The average molecular weight is 282 g/mol. The molecule has 2 N–H and O–H groups in total. The van der Waals surface area contributed by atoms with Gasteiger partial charge in [0.2, 0.25) is 11.8 Å². The fourth-order valence-corrected chi connectivity index (χ4v) is 2.57. The number of benzene rings is 1. The standard InChI is InChI=1S/C15H20F2N2O/c1-19(10-11-2-4-13(18)5-3-11)14(20)12-6-8-15(16,17)9-7-12/h2-5,12H,6-10,18H2,1H3. The molecule has 20 heavy (non-hydrogen) atoms. The molecule has 0 atom stereocenters. The molecular formula is C15H20F2N2O. The fourth-order valence-electron chi connectivity index (χ4n) is 2.57. The van der Waals surface area contributed by atoms with Gasteiger partial charge in [-0.3, -0.25) is 4.79 Å². The number of nitrogen functional groups attached to an aromatic ring is 1. The summed E-state index contributed by atoms with van der Waals surface area (Å²) in [6, 6.07) is 7.31. The van der Waals surface area contributed by atoms with E-state index in [1.54, 1.807) is 24.1 Å². The van der Waals surface area contributed by atoms with Crippen molar-refractivity contribution in [1.82, 2.24) is 4.90 Å². The summed E-state index contributed by atoms with van der Waals surface area (Å²) in [6.07, 6.45) is 0.189. The van der Waals surface area contributed by atoms with Crippen LogP contribution in [0.25, 0.3) is 0 Å². The molecule has 0 saturated heterocycles. The van der Waals surface area contributed by atoms with Crippen molar-refractivity contribution in [2.45, 2.75) is 38.2 Å². The van der Waals surface area contributed by atoms with Gasteiger partial charge in [0.25, 0.3) is 0 Å². The third-order valence-corrected chi connectivity index (χ3v) is 3.84. The molecule has 1 amide bonds. The maximum absolute atomic E-state index is 13.1. The molecule has 0 unspecified atom stereocenters. The van der Waals surface area contributed by atoms with Gasteiger partial charge in [0.05, 0.1) is 0 Å². The number of hydrogen-bond acceptors (Lipinski definition) is 2. The lowest BCUT2D eigenvalue weighted by Crippen LogP contribution is -2.36. The minimum absolute atomic E-state index is 0.0441. The van der Waals surface area contributed by atoms with Gasteiger partial charge in [-0.25, -0.2) is 8.78 Å². The van der Waals surface area contributed by atoms with Crippen LogP contribution in [-0.2, 0) is 11.3 Å². The predicted molar refractivity (Wildman–Crippen MR) is 74.2 cm³/mol. The molecule has 2 rings (SSSR count). The van der Waals surface area contributed by atoms with E-state index in [0.29, 0.717) is 12.2 Å². The molecule has 1 aromatic rings. The van der Waals surface area contributed by atoms with Gasteiger partial charge in [0.1, 0.15) is 0 Å². The first kappa shape index (κ1) is 14.8. The van der Waals surface area contributed by atoms with Gasteiger partial charge in [0, 0.05) is 38.0 Å². The summed E-state index contributed by atoms with van der Waals surface area (Å²) >= 11 is 0. The molecule has 1 aliphatic rings. The molecule has 0 aromatic heterocycles. The minimum atomic E-state index is -2.59. The Balaban J connectivity index is 1.90. The highest BCUT2D eigenvalue weighted by Crippen LogP contribution is 2.36. The molecule has 1 aliphatic carbocycles. The Morgan fingerprint density at radius 1 is 1.30 bits per heavy atom. The second-order valence-electron chi connectivity index (χ2n) is 5.57. The zero-order valence-electron chi connectivity index (χ0n) is 11.6. The number of halogens is 2. The molecule has 1 saturated carbocycles. The van der Waals surface area contributed by atoms with Crippen LogP contribution in [-0.4, -0.2) is 23.8 Å². The number of carbonyl (C=O) groups is 1. The number of alkyl halides is 2. The number of nitrogens with zero attached hydrogens (tertiary/aromatic N) is 1. The van der Waals surface area contributed by atoms with Crippen molar-refractivity contribution in [3.05, 3.63) is 29.8 Å². The molecule has 0 radical (unpaired) electrons. The van der Waals surface area contributed by atoms with E-state index < -0.39 is 5.92 Å². The summed E-state index contributed by atoms with van der Waals surface area (Å²) in [5, 5.41) is 0. The van der Waals surface area contributed by atoms with Gasteiger partial charge < -0.3 is 10.6 Å². The van der Waals surface area contributed by atoms with Crippen LogP contribution in [0.3, 0.4) is 0 Å². The second-order valence-corrected chi connectivity index (χ2v) is 5.57. The predicted octanol–water partition coefficient (Wildman–Crippen LogP) is 3.05. The number of nitrogens with two attached hydrogens (primary N) is 1. The Kier molecular flexibility index (Phi) is 4.26. The first-order valence-corrected chi connectivity index (χ1v) is 6.85. The lowest BCUT2D eigenvalue weighted by molar-refractivity contribution is -0.138. The van der Waals surface area contributed by atoms with E-state index >= 15 is 0 Å². The molecular weight excluding hydrogens is 262 g/mol. The average Bonchev–Trinajstić information content (AvgIpc) is 2.40. The van der Waals surface area contributed by atoms with Gasteiger partial charge in [0.15, 0.2) is 0 Å². The van der Waals surface area contributed by atoms with Gasteiger partial charge in [-0.05, 0) is 30.5 Å². The number of hydrogen-bond donors (Lipinski definition) is 1. The van der Waals surface area contributed by atoms with E-state index in [4.69, 9.17) is 5.73 Å². The third kappa shape index (κ3) is 3.68. The molecule has 3 nitrogen and oxygen atoms in total. The first-order valence-electron chi connectivity index (χ1n) is 6.85. The molecule has 1 fully saturated rings. The number of amides is 1. The summed E-state index contributed by atoms with van der Waals surface area (Å²) in [5.41, 5.74) is 7.27. The summed E-state index contributed by atoms with van der Waals surface area (Å²) < 4.78 is 26.2. The quantitative estimate of drug-likeness (QED) is 0.866. The van der Waals surface area contributed by atoms with E-state index in [1.807, 2.05) is 12.1 Å². The zero-order chi connectivity index (χ0) is 14.8. The van der Waals surface area contributed by atoms with E-state index in [9.17, 15) is 13.6 Å². The highest BCUT2D eigenvalue weighted by molar-refractivity contribution is 5.78. The zero-order valence-corrected chi connectivity index (χ0v) is 11.6. The number of anilines is 1. The molecule has 0 spiro atoms. The van der Waals surface area contributed by atoms with Crippen LogP contribution in [0.2, 0.25) is 0 Å². The topological polar surface area (TPSA) is 46.3 Å². The van der Waals surface area contributed by atoms with Crippen LogP contribution < -0.4 is 5.73 Å². The second kappa shape index (κ2) is 5.77. The van der Waals surface area contributed by atoms with Crippen molar-refractivity contribution in [2.75, 3.05) is 12.8 Å². The Bertz CT molecular complexity index is 463. The van der Waals surface area contributed by atoms with Crippen molar-refractivity contribution in [2.24, 2.45) is 5.92 Å². The Morgan fingerprint density at radius 3 is 2.40 bits per heavy atom. The Morgan fingerprint density at radius 2 is 1.85 bits per heavy atom. The van der Waals surface area contributed by atoms with Crippen molar-refractivity contribution >= 4 is 11.6 Å². The van der Waals surface area contributed by atoms with E-state index in [1.165, 1.54) is 0 Å². The summed E-state index contributed by atoms with van der Waals surface area (Å²) in [5.74, 6) is -2.91. The van der Waals surface area contributed by atoms with E-state index in [0.717, 1.165) is 5.56 Å². The highest BCUT2D eigenvalue weighted by atomic mass is 19.3. The summed E-state index contributed by atoms with van der Waals surface area (Å²) in [6.45, 7) is 0.478. The normalized spacial score (nSPS) is 18.8. The molecule has 5 heteroatoms. The van der Waals surface area contributed by atoms with Crippen molar-refractivity contribution in [1.29, 1.82) is 0 Å². The lowest BCUT2D eigenvalue weighted by Gasteiger charge is -2.30. The lowest BCUT2D eigenvalue weighted by atomic mass is 9.86. The molecule has 1 aromatic carbocycles. The third-order valence-electron chi connectivity index (χ3n) is 3.84. The molecule has 0 aliphatic heterocycles. The van der Waals surface area contributed by atoms with E-state index in [-0.39, 0.29) is 37.5 Å². The molecule has 110 valence electrons. The van der Waals surface area contributed by atoms with Gasteiger partial charge >= 0.3 is 0 Å². The number of rotatable bonds is 3. The van der Waals surface area contributed by atoms with Crippen LogP contribution >= 0.6 is 0 Å².